The number of imide groups is 1. The highest BCUT2D eigenvalue weighted by Gasteiger charge is 2.38. The van der Waals surface area contributed by atoms with Gasteiger partial charge in [0, 0.05) is 5.69 Å². The molecule has 1 N–H and O–H groups in total. The van der Waals surface area contributed by atoms with E-state index in [0.717, 1.165) is 16.0 Å². The Morgan fingerprint density at radius 2 is 1.46 bits per heavy atom. The quantitative estimate of drug-likeness (QED) is 0.384. The molecular formula is C28H24N2O7. The molecule has 3 amide bonds. The molecule has 1 heterocycles. The monoisotopic (exact) mass is 500 g/mol. The number of nitrogens with zero attached hydrogens (tertiary/aromatic N) is 1. The fourth-order valence-electron chi connectivity index (χ4n) is 3.88. The molecule has 0 saturated heterocycles. The van der Waals surface area contributed by atoms with Crippen molar-refractivity contribution in [3.8, 4) is 0 Å². The number of fused-ring (bicyclic) bond motifs is 1. The number of carbonyl (C=O) groups is 5. The van der Waals surface area contributed by atoms with E-state index in [1.165, 1.54) is 42.5 Å². The number of carbonyl (C=O) groups excluding carboxylic acids is 5. The number of ether oxygens (including phenoxy) is 2. The van der Waals surface area contributed by atoms with E-state index in [2.05, 4.69) is 5.32 Å². The minimum absolute atomic E-state index is 0.0364. The van der Waals surface area contributed by atoms with E-state index in [0.29, 0.717) is 16.9 Å². The second-order valence-corrected chi connectivity index (χ2v) is 8.35. The largest absolute Gasteiger partial charge is 0.462 e. The van der Waals surface area contributed by atoms with Gasteiger partial charge in [0.15, 0.2) is 6.61 Å². The molecule has 37 heavy (non-hydrogen) atoms. The van der Waals surface area contributed by atoms with E-state index in [9.17, 15) is 24.0 Å². The molecule has 9 nitrogen and oxygen atoms in total. The van der Waals surface area contributed by atoms with Gasteiger partial charge in [0.1, 0.15) is 0 Å². The Morgan fingerprint density at radius 3 is 2.16 bits per heavy atom. The zero-order valence-corrected chi connectivity index (χ0v) is 20.5. The average Bonchev–Trinajstić information content (AvgIpc) is 3.14. The zero-order valence-electron chi connectivity index (χ0n) is 20.5. The number of anilines is 2. The molecule has 188 valence electrons. The van der Waals surface area contributed by atoms with Crippen LogP contribution in [0.4, 0.5) is 11.4 Å². The maximum atomic E-state index is 13.1. The number of benzene rings is 3. The van der Waals surface area contributed by atoms with E-state index < -0.39 is 36.3 Å². The summed E-state index contributed by atoms with van der Waals surface area (Å²) in [6.07, 6.45) is 0. The number of hydrogen-bond acceptors (Lipinski definition) is 7. The molecule has 3 aromatic rings. The Labute approximate surface area is 213 Å². The summed E-state index contributed by atoms with van der Waals surface area (Å²) in [5.74, 6) is -2.89. The van der Waals surface area contributed by atoms with Crippen molar-refractivity contribution in [2.45, 2.75) is 20.8 Å². The molecule has 0 bridgehead atoms. The lowest BCUT2D eigenvalue weighted by Crippen LogP contribution is -2.30. The van der Waals surface area contributed by atoms with Crippen molar-refractivity contribution in [2.75, 3.05) is 23.4 Å². The lowest BCUT2D eigenvalue weighted by Gasteiger charge is -2.17. The molecule has 9 heteroatoms. The van der Waals surface area contributed by atoms with Crippen molar-refractivity contribution in [1.29, 1.82) is 0 Å². The number of rotatable bonds is 7. The topological polar surface area (TPSA) is 119 Å². The fourth-order valence-corrected chi connectivity index (χ4v) is 3.88. The van der Waals surface area contributed by atoms with Gasteiger partial charge in [-0.25, -0.2) is 14.5 Å². The van der Waals surface area contributed by atoms with Crippen LogP contribution in [0.5, 0.6) is 0 Å². The lowest BCUT2D eigenvalue weighted by atomic mass is 10.1. The van der Waals surface area contributed by atoms with Crippen molar-refractivity contribution in [1.82, 2.24) is 0 Å². The van der Waals surface area contributed by atoms with Gasteiger partial charge in [0.25, 0.3) is 17.7 Å². The number of aryl methyl sites for hydroxylation is 1. The maximum Gasteiger partial charge on any atom is 0.338 e. The second-order valence-electron chi connectivity index (χ2n) is 8.35. The third kappa shape index (κ3) is 5.11. The van der Waals surface area contributed by atoms with Crippen LogP contribution >= 0.6 is 0 Å². The molecule has 0 saturated carbocycles. The Hall–Kier alpha value is -4.79. The molecule has 0 fully saturated rings. The Kier molecular flexibility index (Phi) is 7.15. The van der Waals surface area contributed by atoms with Crippen LogP contribution in [0.2, 0.25) is 0 Å². The number of hydrogen-bond donors (Lipinski definition) is 1. The summed E-state index contributed by atoms with van der Waals surface area (Å²) in [5, 5.41) is 2.56. The van der Waals surface area contributed by atoms with Crippen molar-refractivity contribution in [2.24, 2.45) is 0 Å². The highest BCUT2D eigenvalue weighted by Crippen LogP contribution is 2.32. The van der Waals surface area contributed by atoms with E-state index in [-0.39, 0.29) is 23.3 Å². The van der Waals surface area contributed by atoms with Crippen molar-refractivity contribution < 1.29 is 33.4 Å². The van der Waals surface area contributed by atoms with Gasteiger partial charge in [-0.3, -0.25) is 14.4 Å². The summed E-state index contributed by atoms with van der Waals surface area (Å²) in [6.45, 7) is 5.10. The van der Waals surface area contributed by atoms with Gasteiger partial charge in [-0.2, -0.15) is 0 Å². The van der Waals surface area contributed by atoms with Crippen LogP contribution in [0.3, 0.4) is 0 Å². The smallest absolute Gasteiger partial charge is 0.338 e. The molecule has 1 aliphatic heterocycles. The first-order chi connectivity index (χ1) is 17.7. The molecule has 1 aliphatic rings. The van der Waals surface area contributed by atoms with Crippen LogP contribution < -0.4 is 10.2 Å². The minimum atomic E-state index is -0.818. The van der Waals surface area contributed by atoms with Crippen LogP contribution in [0, 0.1) is 13.8 Å². The van der Waals surface area contributed by atoms with E-state index in [1.54, 1.807) is 19.1 Å². The Morgan fingerprint density at radius 1 is 0.811 bits per heavy atom. The molecule has 0 unspecified atom stereocenters. The third-order valence-corrected chi connectivity index (χ3v) is 5.95. The molecule has 0 aliphatic carbocycles. The zero-order chi connectivity index (χ0) is 26.7. The van der Waals surface area contributed by atoms with Gasteiger partial charge >= 0.3 is 11.9 Å². The summed E-state index contributed by atoms with van der Waals surface area (Å²) < 4.78 is 10.00. The lowest BCUT2D eigenvalue weighted by molar-refractivity contribution is -0.119. The maximum absolute atomic E-state index is 13.1. The Bertz CT molecular complexity index is 1430. The normalized spacial score (nSPS) is 12.2. The number of esters is 2. The number of amides is 3. The van der Waals surface area contributed by atoms with Crippen LogP contribution in [0.1, 0.15) is 59.5 Å². The molecule has 4 rings (SSSR count). The number of nitrogens with one attached hydrogen (secondary N) is 1. The highest BCUT2D eigenvalue weighted by atomic mass is 16.5. The average molecular weight is 501 g/mol. The molecule has 0 aromatic heterocycles. The molecule has 0 atom stereocenters. The minimum Gasteiger partial charge on any atom is -0.462 e. The SMILES string of the molecule is CCOC(=O)c1ccc(NC(=O)COC(=O)c2ccc3c(c2)C(=O)N(c2cccc(C)c2C)C3=O)cc1. The van der Waals surface area contributed by atoms with Gasteiger partial charge in [-0.15, -0.1) is 0 Å². The molecule has 0 radical (unpaired) electrons. The summed E-state index contributed by atoms with van der Waals surface area (Å²) in [5.41, 5.74) is 3.29. The van der Waals surface area contributed by atoms with Gasteiger partial charge < -0.3 is 14.8 Å². The molecule has 0 spiro atoms. The van der Waals surface area contributed by atoms with Gasteiger partial charge in [0.2, 0.25) is 0 Å². The second kappa shape index (κ2) is 10.4. The summed E-state index contributed by atoms with van der Waals surface area (Å²) >= 11 is 0. The first-order valence-corrected chi connectivity index (χ1v) is 11.5. The summed E-state index contributed by atoms with van der Waals surface area (Å²) in [6, 6.07) is 15.5. The van der Waals surface area contributed by atoms with Gasteiger partial charge in [0.05, 0.1) is 34.5 Å². The van der Waals surface area contributed by atoms with E-state index in [4.69, 9.17) is 9.47 Å². The summed E-state index contributed by atoms with van der Waals surface area (Å²) in [4.78, 5) is 63.6. The van der Waals surface area contributed by atoms with Crippen LogP contribution in [0.25, 0.3) is 0 Å². The standard InChI is InChI=1S/C28H24N2O7/c1-4-36-27(34)18-8-11-20(12-9-18)29-24(31)15-37-28(35)19-10-13-21-22(14-19)26(33)30(25(21)32)23-7-5-6-16(2)17(23)3/h5-14H,4,15H2,1-3H3,(H,29,31). The molecule has 3 aromatic carbocycles. The predicted octanol–water partition coefficient (Wildman–Crippen LogP) is 4.08. The molecular weight excluding hydrogens is 476 g/mol. The van der Waals surface area contributed by atoms with Crippen molar-refractivity contribution >= 4 is 41.0 Å². The van der Waals surface area contributed by atoms with Crippen LogP contribution in [0.15, 0.2) is 60.7 Å². The van der Waals surface area contributed by atoms with Crippen molar-refractivity contribution in [3.63, 3.8) is 0 Å². The van der Waals surface area contributed by atoms with Gasteiger partial charge in [-0.05, 0) is 80.4 Å². The third-order valence-electron chi connectivity index (χ3n) is 5.95. The van der Waals surface area contributed by atoms with Gasteiger partial charge in [-0.1, -0.05) is 12.1 Å². The first kappa shape index (κ1) is 25.3. The fraction of sp³-hybridized carbons (Fsp3) is 0.179. The van der Waals surface area contributed by atoms with Crippen LogP contribution in [-0.4, -0.2) is 42.9 Å². The van der Waals surface area contributed by atoms with Crippen LogP contribution in [-0.2, 0) is 14.3 Å². The highest BCUT2D eigenvalue weighted by molar-refractivity contribution is 6.35. The summed E-state index contributed by atoms with van der Waals surface area (Å²) in [7, 11) is 0. The van der Waals surface area contributed by atoms with E-state index >= 15 is 0 Å². The van der Waals surface area contributed by atoms with Crippen molar-refractivity contribution in [3.05, 3.63) is 94.0 Å². The first-order valence-electron chi connectivity index (χ1n) is 11.5. The predicted molar refractivity (Wildman–Crippen MR) is 135 cm³/mol. The van der Waals surface area contributed by atoms with E-state index in [1.807, 2.05) is 19.9 Å². The Balaban J connectivity index is 1.40.